The Balaban J connectivity index is 0.000000224. The maximum Gasteiger partial charge on any atom is 0.275 e. The summed E-state index contributed by atoms with van der Waals surface area (Å²) in [7, 11) is 12.3. The Morgan fingerprint density at radius 3 is 1.04 bits per heavy atom. The number of benzene rings is 8. The highest BCUT2D eigenvalue weighted by Crippen LogP contribution is 2.61. The molecule has 20 nitrogen and oxygen atoms in total. The molecule has 2 spiro atoms. The summed E-state index contributed by atoms with van der Waals surface area (Å²) in [6, 6.07) is 43.0. The summed E-state index contributed by atoms with van der Waals surface area (Å²) in [4.78, 5) is 37.8. The first-order valence-corrected chi connectivity index (χ1v) is 36.6. The average Bonchev–Trinajstić information content (AvgIpc) is 1.42. The Morgan fingerprint density at radius 1 is 0.471 bits per heavy atom. The molecule has 12 rings (SSSR count). The van der Waals surface area contributed by atoms with Gasteiger partial charge in [0.15, 0.2) is 0 Å². The van der Waals surface area contributed by atoms with Gasteiger partial charge < -0.3 is 60.6 Å². The molecule has 4 aliphatic heterocycles. The molecule has 6 N–H and O–H groups in total. The van der Waals surface area contributed by atoms with E-state index in [1.165, 1.54) is 13.8 Å². The van der Waals surface area contributed by atoms with E-state index in [-0.39, 0.29) is 23.3 Å². The lowest BCUT2D eigenvalue weighted by Gasteiger charge is -2.42. The molecule has 4 aliphatic rings. The van der Waals surface area contributed by atoms with Gasteiger partial charge in [-0.2, -0.15) is 20.7 Å². The van der Waals surface area contributed by atoms with Crippen LogP contribution in [0.25, 0.3) is 0 Å². The van der Waals surface area contributed by atoms with Crippen molar-refractivity contribution >= 4 is 78.9 Å². The van der Waals surface area contributed by atoms with E-state index in [0.29, 0.717) is 58.3 Å². The van der Waals surface area contributed by atoms with Gasteiger partial charge in [0.1, 0.15) is 45.6 Å². The molecule has 0 saturated carbocycles. The summed E-state index contributed by atoms with van der Waals surface area (Å²) in [6.07, 6.45) is 3.20. The molecule has 544 valence electrons. The molecule has 0 saturated heterocycles. The molecule has 0 unspecified atom stereocenters. The number of amides is 2. The third-order valence-electron chi connectivity index (χ3n) is 18.6. The fourth-order valence-electron chi connectivity index (χ4n) is 13.8. The summed E-state index contributed by atoms with van der Waals surface area (Å²) >= 11 is 7.29. The van der Waals surface area contributed by atoms with Crippen LogP contribution in [-0.4, -0.2) is 159 Å². The summed E-state index contributed by atoms with van der Waals surface area (Å²) < 4.78 is 15.0. The topological polar surface area (TPSA) is 233 Å². The minimum atomic E-state index is -1.13. The van der Waals surface area contributed by atoms with Crippen LogP contribution >= 0.6 is 31.9 Å². The smallest absolute Gasteiger partial charge is 0.275 e. The Kier molecular flexibility index (Phi) is 25.8. The van der Waals surface area contributed by atoms with Gasteiger partial charge >= 0.3 is 0 Å². The van der Waals surface area contributed by atoms with Crippen LogP contribution in [0, 0.1) is 50.4 Å². The average molecular weight is 1530 g/mol. The zero-order chi connectivity index (χ0) is 75.5. The minimum Gasteiger partial charge on any atom is -0.507 e. The van der Waals surface area contributed by atoms with Gasteiger partial charge in [-0.3, -0.25) is 9.59 Å². The minimum absolute atomic E-state index is 0.131. The van der Waals surface area contributed by atoms with E-state index in [1.54, 1.807) is 34.6 Å². The number of phenols is 2. The number of halogens is 2. The fourth-order valence-corrected chi connectivity index (χ4v) is 14.9. The lowest BCUT2D eigenvalue weighted by molar-refractivity contribution is 0.0667. The van der Waals surface area contributed by atoms with Gasteiger partial charge in [0, 0.05) is 202 Å². The molecule has 0 radical (unpaired) electrons. The van der Waals surface area contributed by atoms with Crippen molar-refractivity contribution in [1.29, 1.82) is 10.5 Å². The van der Waals surface area contributed by atoms with Crippen LogP contribution in [-0.2, 0) is 24.2 Å². The first kappa shape index (κ1) is 78.4. The number of hydrazone groups is 2. The van der Waals surface area contributed by atoms with E-state index in [1.807, 2.05) is 139 Å². The second-order valence-electron chi connectivity index (χ2n) is 26.7. The Bertz CT molecular complexity index is 4240. The van der Waals surface area contributed by atoms with Crippen molar-refractivity contribution < 1.29 is 29.3 Å². The van der Waals surface area contributed by atoms with E-state index in [9.17, 15) is 19.8 Å². The summed E-state index contributed by atoms with van der Waals surface area (Å²) in [5.41, 5.74) is 14.4. The first-order valence-electron chi connectivity index (χ1n) is 35.0. The van der Waals surface area contributed by atoms with Crippen LogP contribution in [0.1, 0.15) is 140 Å². The molecular weight excluding hydrogens is 1440 g/mol. The molecule has 0 atom stereocenters. The van der Waals surface area contributed by atoms with Crippen LogP contribution < -0.4 is 30.7 Å². The molecule has 0 fully saturated rings. The highest BCUT2D eigenvalue weighted by molar-refractivity contribution is 9.10. The number of hydrogen-bond acceptors (Lipinski definition) is 18. The summed E-state index contributed by atoms with van der Waals surface area (Å²) in [5.74, 6) is 2.41. The SMILES string of the molecule is CC#N.CC#N.CCNc1cc2c(cc1C)C1(c3cc(C)c(NCC)cc3O2)c2ccccc2C(=O)N1/N=C/c1cc(Br)cc(CN(C)CCN(C)C)c1O.CCNc1cc2c(cc1C)C1(c3cc(C)c(NCC)cc3O2)c2ccccc2C(=O)N1/N=C/c1cc(Br)cc(CN(C)CCN(C)C)c1O. The fraction of sp³-hybridized carbons (Fsp3) is 0.341. The number of ether oxygens (including phenoxy) is 2. The standard InChI is InChI=1S/2C39H45BrN6O3.2C2H3N/c2*1-8-41-33-20-35-31(16-24(33)3)39(32-17-25(4)34(42-9-2)21-36(32)49-35)30-13-11-10-12-29(30)38(48)46(39)43-22-26-18-28(40)19-27(37(26)47)23-45(7)15-14-44(5)6;2*1-2-3/h2*10-13,16-22,41-42,47H,8-9,14-15,23H2,1-7H3;2*1H3/b2*43-22+;;. The predicted molar refractivity (Wildman–Crippen MR) is 426 cm³/mol. The van der Waals surface area contributed by atoms with Crippen molar-refractivity contribution in [2.45, 2.75) is 93.4 Å². The van der Waals surface area contributed by atoms with Gasteiger partial charge in [0.05, 0.1) is 24.6 Å². The number of aromatic hydroxyl groups is 2. The van der Waals surface area contributed by atoms with E-state index in [4.69, 9.17) is 30.2 Å². The van der Waals surface area contributed by atoms with Crippen molar-refractivity contribution in [1.82, 2.24) is 29.6 Å². The quantitative estimate of drug-likeness (QED) is 0.0346. The monoisotopic (exact) mass is 1530 g/mol. The zero-order valence-corrected chi connectivity index (χ0v) is 65.7. The van der Waals surface area contributed by atoms with Crippen molar-refractivity contribution in [3.63, 3.8) is 0 Å². The maximum atomic E-state index is 14.6. The zero-order valence-electron chi connectivity index (χ0n) is 62.5. The third-order valence-corrected chi connectivity index (χ3v) is 19.5. The number of nitrogens with one attached hydrogen (secondary N) is 4. The van der Waals surface area contributed by atoms with Gasteiger partial charge in [-0.1, -0.05) is 68.3 Å². The lowest BCUT2D eigenvalue weighted by Crippen LogP contribution is -2.44. The van der Waals surface area contributed by atoms with E-state index in [0.717, 1.165) is 151 Å². The number of phenolic OH excluding ortho intramolecular Hbond substituents is 2. The van der Waals surface area contributed by atoms with Crippen molar-refractivity contribution in [2.24, 2.45) is 10.2 Å². The Labute approximate surface area is 629 Å². The highest BCUT2D eigenvalue weighted by Gasteiger charge is 2.59. The molecule has 22 heteroatoms. The number of nitriles is 2. The number of carbonyl (C=O) groups excluding carboxylic acids is 2. The summed E-state index contributed by atoms with van der Waals surface area (Å²) in [5, 5.41) is 64.7. The number of carbonyl (C=O) groups is 2. The Hall–Kier alpha value is -9.78. The first-order chi connectivity index (χ1) is 49.8. The second-order valence-corrected chi connectivity index (χ2v) is 28.6. The molecule has 104 heavy (non-hydrogen) atoms. The van der Waals surface area contributed by atoms with Crippen molar-refractivity contribution in [3.8, 4) is 46.6 Å². The molecule has 8 aromatic carbocycles. The molecule has 8 aromatic rings. The van der Waals surface area contributed by atoms with Gasteiger partial charge in [-0.15, -0.1) is 0 Å². The number of rotatable bonds is 22. The van der Waals surface area contributed by atoms with Crippen molar-refractivity contribution in [2.75, 3.05) is 116 Å². The number of hydrogen-bond donors (Lipinski definition) is 6. The van der Waals surface area contributed by atoms with Crippen molar-refractivity contribution in [3.05, 3.63) is 219 Å². The predicted octanol–water partition coefficient (Wildman–Crippen LogP) is 16.1. The van der Waals surface area contributed by atoms with Crippen LogP contribution in [0.15, 0.2) is 140 Å². The second kappa shape index (κ2) is 34.2. The molecule has 2 amide bonds. The van der Waals surface area contributed by atoms with Gasteiger partial charge in [-0.25, -0.2) is 10.0 Å². The van der Waals surface area contributed by atoms with E-state index in [2.05, 4.69) is 152 Å². The lowest BCUT2D eigenvalue weighted by atomic mass is 9.74. The number of anilines is 4. The molecular formula is C82H96Br2N14O6. The molecule has 0 aromatic heterocycles. The van der Waals surface area contributed by atoms with E-state index >= 15 is 0 Å². The van der Waals surface area contributed by atoms with Gasteiger partial charge in [0.25, 0.3) is 11.8 Å². The molecule has 0 bridgehead atoms. The number of nitrogens with zero attached hydrogens (tertiary/aromatic N) is 10. The largest absolute Gasteiger partial charge is 0.507 e. The van der Waals surface area contributed by atoms with Crippen LogP contribution in [0.2, 0.25) is 0 Å². The van der Waals surface area contributed by atoms with Crippen LogP contribution in [0.5, 0.6) is 34.5 Å². The number of fused-ring (bicyclic) bond motifs is 12. The maximum absolute atomic E-state index is 14.6. The Morgan fingerprint density at radius 2 is 0.760 bits per heavy atom. The van der Waals surface area contributed by atoms with Gasteiger partial charge in [0.2, 0.25) is 0 Å². The number of aryl methyl sites for hydroxylation is 4. The van der Waals surface area contributed by atoms with Crippen LogP contribution in [0.4, 0.5) is 22.7 Å². The van der Waals surface area contributed by atoms with Crippen LogP contribution in [0.3, 0.4) is 0 Å². The molecule has 0 aliphatic carbocycles. The highest BCUT2D eigenvalue weighted by atomic mass is 79.9. The van der Waals surface area contributed by atoms with Gasteiger partial charge in [-0.05, 0) is 181 Å². The van der Waals surface area contributed by atoms with E-state index < -0.39 is 11.1 Å². The summed E-state index contributed by atoms with van der Waals surface area (Å²) in [6.45, 7) is 27.0. The number of likely N-dealkylation sites (N-methyl/N-ethyl adjacent to an activating group) is 4. The third kappa shape index (κ3) is 15.8. The normalized spacial score (nSPS) is 13.7. The molecule has 4 heterocycles.